The van der Waals surface area contributed by atoms with Gasteiger partial charge < -0.3 is 19.9 Å². The Hall–Kier alpha value is -2.01. The van der Waals surface area contributed by atoms with E-state index in [-0.39, 0.29) is 6.42 Å². The van der Waals surface area contributed by atoms with Crippen molar-refractivity contribution in [3.05, 3.63) is 29.5 Å². The molecular weight excluding hydrogens is 246 g/mol. The molecule has 2 unspecified atom stereocenters. The summed E-state index contributed by atoms with van der Waals surface area (Å²) in [6.45, 7) is 0. The zero-order valence-electron chi connectivity index (χ0n) is 10.5. The second-order valence-corrected chi connectivity index (χ2v) is 4.92. The maximum absolute atomic E-state index is 11.1. The molecule has 5 heteroatoms. The maximum atomic E-state index is 11.1. The van der Waals surface area contributed by atoms with Crippen LogP contribution in [0.15, 0.2) is 18.2 Å². The number of fused-ring (bicyclic) bond motifs is 3. The van der Waals surface area contributed by atoms with Gasteiger partial charge in [0.2, 0.25) is 0 Å². The molecule has 1 aromatic heterocycles. The topological polar surface area (TPSA) is 82.5 Å². The zero-order chi connectivity index (χ0) is 13.6. The molecule has 0 fully saturated rings. The Labute approximate surface area is 109 Å². The number of aliphatic hydroxyl groups excluding tert-OH is 1. The van der Waals surface area contributed by atoms with E-state index in [9.17, 15) is 9.90 Å². The lowest BCUT2D eigenvalue weighted by molar-refractivity contribution is -0.143. The normalized spacial score (nSPS) is 22.2. The molecule has 0 aliphatic heterocycles. The van der Waals surface area contributed by atoms with Crippen LogP contribution < -0.4 is 4.74 Å². The summed E-state index contributed by atoms with van der Waals surface area (Å²) in [5.41, 5.74) is 2.52. The summed E-state index contributed by atoms with van der Waals surface area (Å²) < 4.78 is 5.19. The Bertz CT molecular complexity index is 646. The van der Waals surface area contributed by atoms with Gasteiger partial charge in [-0.1, -0.05) is 0 Å². The standard InChI is InChI=1S/C14H15NO4/c1-19-8-2-3-10-9(6-8)13-11(15-10)4-7(14(17)18)5-12(13)16/h2-3,6-7,12,15-16H,4-5H2,1H3,(H,17,18). The number of ether oxygens (including phenoxy) is 1. The lowest BCUT2D eigenvalue weighted by Crippen LogP contribution is -2.24. The molecule has 1 aromatic carbocycles. The summed E-state index contributed by atoms with van der Waals surface area (Å²) in [7, 11) is 1.59. The molecule has 1 aliphatic rings. The van der Waals surface area contributed by atoms with Gasteiger partial charge in [-0.25, -0.2) is 0 Å². The van der Waals surface area contributed by atoms with Crippen LogP contribution in [0.4, 0.5) is 0 Å². The molecular formula is C14H15NO4. The van der Waals surface area contributed by atoms with Crippen molar-refractivity contribution in [1.82, 2.24) is 4.98 Å². The van der Waals surface area contributed by atoms with E-state index >= 15 is 0 Å². The SMILES string of the molecule is COc1ccc2[nH]c3c(c2c1)C(O)CC(C(=O)O)C3. The number of aliphatic hydroxyl groups is 1. The van der Waals surface area contributed by atoms with Crippen LogP contribution in [0.25, 0.3) is 10.9 Å². The summed E-state index contributed by atoms with van der Waals surface area (Å²) in [6.07, 6.45) is -0.0590. The molecule has 1 aliphatic carbocycles. The van der Waals surface area contributed by atoms with Gasteiger partial charge in [0.1, 0.15) is 5.75 Å². The largest absolute Gasteiger partial charge is 0.497 e. The van der Waals surface area contributed by atoms with Crippen LogP contribution in [0.2, 0.25) is 0 Å². The van der Waals surface area contributed by atoms with E-state index in [1.165, 1.54) is 0 Å². The molecule has 2 atom stereocenters. The van der Waals surface area contributed by atoms with Crippen LogP contribution in [-0.4, -0.2) is 28.3 Å². The number of aliphatic carboxylic acids is 1. The second kappa shape index (κ2) is 4.28. The van der Waals surface area contributed by atoms with Crippen molar-refractivity contribution in [2.45, 2.75) is 18.9 Å². The van der Waals surface area contributed by atoms with Crippen molar-refractivity contribution in [3.8, 4) is 5.75 Å². The van der Waals surface area contributed by atoms with Crippen molar-refractivity contribution in [2.75, 3.05) is 7.11 Å². The van der Waals surface area contributed by atoms with Gasteiger partial charge in [-0.15, -0.1) is 0 Å². The molecule has 0 radical (unpaired) electrons. The molecule has 3 N–H and O–H groups in total. The van der Waals surface area contributed by atoms with E-state index in [1.807, 2.05) is 18.2 Å². The van der Waals surface area contributed by atoms with Crippen LogP contribution in [-0.2, 0) is 11.2 Å². The molecule has 0 saturated heterocycles. The Balaban J connectivity index is 2.14. The Morgan fingerprint density at radius 3 is 2.95 bits per heavy atom. The molecule has 0 bridgehead atoms. The third-order valence-electron chi connectivity index (χ3n) is 3.77. The van der Waals surface area contributed by atoms with Crippen LogP contribution in [0.3, 0.4) is 0 Å². The molecule has 19 heavy (non-hydrogen) atoms. The van der Waals surface area contributed by atoms with Crippen molar-refractivity contribution in [1.29, 1.82) is 0 Å². The molecule has 0 amide bonds. The average molecular weight is 261 g/mol. The Morgan fingerprint density at radius 1 is 1.47 bits per heavy atom. The summed E-state index contributed by atoms with van der Waals surface area (Å²) in [4.78, 5) is 14.3. The zero-order valence-corrected chi connectivity index (χ0v) is 10.5. The first-order valence-corrected chi connectivity index (χ1v) is 6.19. The van der Waals surface area contributed by atoms with Crippen LogP contribution in [0.5, 0.6) is 5.75 Å². The first-order chi connectivity index (χ1) is 9.10. The highest BCUT2D eigenvalue weighted by Crippen LogP contribution is 2.39. The fourth-order valence-electron chi connectivity index (χ4n) is 2.82. The number of hydrogen-bond donors (Lipinski definition) is 3. The van der Waals surface area contributed by atoms with E-state index < -0.39 is 18.0 Å². The third-order valence-corrected chi connectivity index (χ3v) is 3.77. The van der Waals surface area contributed by atoms with Crippen molar-refractivity contribution in [2.24, 2.45) is 5.92 Å². The minimum atomic E-state index is -0.860. The number of carboxylic acids is 1. The predicted octanol–water partition coefficient (Wildman–Crippen LogP) is 1.86. The van der Waals surface area contributed by atoms with Gasteiger partial charge in [0.25, 0.3) is 0 Å². The highest BCUT2D eigenvalue weighted by atomic mass is 16.5. The highest BCUT2D eigenvalue weighted by Gasteiger charge is 2.32. The molecule has 5 nitrogen and oxygen atoms in total. The van der Waals surface area contributed by atoms with Crippen LogP contribution >= 0.6 is 0 Å². The van der Waals surface area contributed by atoms with Gasteiger partial charge in [0, 0.05) is 28.6 Å². The van der Waals surface area contributed by atoms with Gasteiger partial charge in [-0.3, -0.25) is 4.79 Å². The smallest absolute Gasteiger partial charge is 0.306 e. The van der Waals surface area contributed by atoms with E-state index in [4.69, 9.17) is 9.84 Å². The second-order valence-electron chi connectivity index (χ2n) is 4.92. The number of carbonyl (C=O) groups is 1. The fraction of sp³-hybridized carbons (Fsp3) is 0.357. The quantitative estimate of drug-likeness (QED) is 0.770. The molecule has 1 heterocycles. The van der Waals surface area contributed by atoms with Crippen LogP contribution in [0.1, 0.15) is 23.8 Å². The summed E-state index contributed by atoms with van der Waals surface area (Å²) >= 11 is 0. The van der Waals surface area contributed by atoms with Crippen molar-refractivity contribution in [3.63, 3.8) is 0 Å². The van der Waals surface area contributed by atoms with Gasteiger partial charge in [0.05, 0.1) is 19.1 Å². The summed E-state index contributed by atoms with van der Waals surface area (Å²) in [5, 5.41) is 20.2. The van der Waals surface area contributed by atoms with Crippen molar-refractivity contribution >= 4 is 16.9 Å². The Kier molecular flexibility index (Phi) is 2.71. The van der Waals surface area contributed by atoms with Crippen LogP contribution in [0, 0.1) is 5.92 Å². The van der Waals surface area contributed by atoms with Gasteiger partial charge in [-0.05, 0) is 24.6 Å². The van der Waals surface area contributed by atoms with Gasteiger partial charge in [-0.2, -0.15) is 0 Å². The molecule has 100 valence electrons. The molecule has 0 spiro atoms. The molecule has 2 aromatic rings. The van der Waals surface area contributed by atoms with Gasteiger partial charge >= 0.3 is 5.97 Å². The number of aromatic nitrogens is 1. The number of rotatable bonds is 2. The summed E-state index contributed by atoms with van der Waals surface area (Å²) in [6, 6.07) is 5.59. The summed E-state index contributed by atoms with van der Waals surface area (Å²) in [5.74, 6) is -0.666. The number of benzene rings is 1. The maximum Gasteiger partial charge on any atom is 0.306 e. The fourth-order valence-corrected chi connectivity index (χ4v) is 2.82. The number of nitrogens with one attached hydrogen (secondary N) is 1. The van der Waals surface area contributed by atoms with Gasteiger partial charge in [0.15, 0.2) is 0 Å². The monoisotopic (exact) mass is 261 g/mol. The lowest BCUT2D eigenvalue weighted by Gasteiger charge is -2.23. The molecule has 0 saturated carbocycles. The van der Waals surface area contributed by atoms with E-state index in [0.29, 0.717) is 6.42 Å². The minimum Gasteiger partial charge on any atom is -0.497 e. The number of methoxy groups -OCH3 is 1. The first-order valence-electron chi connectivity index (χ1n) is 6.19. The average Bonchev–Trinajstić information content (AvgIpc) is 2.76. The minimum absolute atomic E-state index is 0.256. The number of carboxylic acid groups (broad SMARTS) is 1. The lowest BCUT2D eigenvalue weighted by atomic mass is 9.85. The number of aromatic amines is 1. The van der Waals surface area contributed by atoms with Crippen molar-refractivity contribution < 1.29 is 19.7 Å². The number of H-pyrrole nitrogens is 1. The number of hydrogen-bond acceptors (Lipinski definition) is 3. The predicted molar refractivity (Wildman–Crippen MR) is 69.3 cm³/mol. The van der Waals surface area contributed by atoms with E-state index in [1.54, 1.807) is 7.11 Å². The van der Waals surface area contributed by atoms with E-state index in [0.717, 1.165) is 27.9 Å². The highest BCUT2D eigenvalue weighted by molar-refractivity contribution is 5.87. The van der Waals surface area contributed by atoms with E-state index in [2.05, 4.69) is 4.98 Å². The third kappa shape index (κ3) is 1.86. The first kappa shape index (κ1) is 12.0. The Morgan fingerprint density at radius 2 is 2.26 bits per heavy atom. The molecule has 3 rings (SSSR count).